The Labute approximate surface area is 104 Å². The van der Waals surface area contributed by atoms with Crippen molar-refractivity contribution < 1.29 is 23.1 Å². The van der Waals surface area contributed by atoms with Crippen molar-refractivity contribution >= 4 is 16.0 Å². The third kappa shape index (κ3) is 3.79. The Kier molecular flexibility index (Phi) is 5.25. The van der Waals surface area contributed by atoms with Crippen LogP contribution in [0.4, 0.5) is 0 Å². The smallest absolute Gasteiger partial charge is 0.340 e. The SMILES string of the molecule is COCCCCNS(=O)(=O)c1[nH]ncc1C(=O)O. The van der Waals surface area contributed by atoms with Gasteiger partial charge < -0.3 is 9.84 Å². The number of aromatic carboxylic acids is 1. The largest absolute Gasteiger partial charge is 0.478 e. The van der Waals surface area contributed by atoms with Crippen molar-refractivity contribution in [3.63, 3.8) is 0 Å². The minimum absolute atomic E-state index is 0.212. The molecule has 1 heterocycles. The first kappa shape index (κ1) is 14.6. The number of carboxylic acids is 1. The molecule has 8 nitrogen and oxygen atoms in total. The maximum absolute atomic E-state index is 11.8. The predicted octanol–water partition coefficient (Wildman–Crippen LogP) is -0.187. The molecular formula is C9H15N3O5S. The molecule has 0 aliphatic carbocycles. The summed E-state index contributed by atoms with van der Waals surface area (Å²) in [4.78, 5) is 10.8. The van der Waals surface area contributed by atoms with Gasteiger partial charge in [0.15, 0.2) is 5.03 Å². The molecule has 0 spiro atoms. The quantitative estimate of drug-likeness (QED) is 0.566. The van der Waals surface area contributed by atoms with Crippen LogP contribution in [0.1, 0.15) is 23.2 Å². The molecule has 0 amide bonds. The highest BCUT2D eigenvalue weighted by Gasteiger charge is 2.24. The Bertz CT molecular complexity index is 496. The maximum Gasteiger partial charge on any atom is 0.340 e. The minimum Gasteiger partial charge on any atom is -0.478 e. The van der Waals surface area contributed by atoms with Crippen LogP contribution in [0.15, 0.2) is 11.2 Å². The van der Waals surface area contributed by atoms with Crippen LogP contribution in [0.5, 0.6) is 0 Å². The van der Waals surface area contributed by atoms with Crippen molar-refractivity contribution in [3.8, 4) is 0 Å². The molecule has 0 aliphatic rings. The Morgan fingerprint density at radius 1 is 1.56 bits per heavy atom. The van der Waals surface area contributed by atoms with Crippen LogP contribution in [0, 0.1) is 0 Å². The van der Waals surface area contributed by atoms with E-state index in [1.807, 2.05) is 0 Å². The summed E-state index contributed by atoms with van der Waals surface area (Å²) >= 11 is 0. The molecule has 0 unspecified atom stereocenters. The fourth-order valence-electron chi connectivity index (χ4n) is 1.28. The summed E-state index contributed by atoms with van der Waals surface area (Å²) in [5.41, 5.74) is -0.376. The molecule has 0 fully saturated rings. The van der Waals surface area contributed by atoms with Gasteiger partial charge in [-0.25, -0.2) is 17.9 Å². The first-order valence-electron chi connectivity index (χ1n) is 5.24. The van der Waals surface area contributed by atoms with Crippen LogP contribution in [0.2, 0.25) is 0 Å². The fraction of sp³-hybridized carbons (Fsp3) is 0.556. The van der Waals surface area contributed by atoms with Crippen LogP contribution in [-0.4, -0.2) is 50.0 Å². The first-order chi connectivity index (χ1) is 8.49. The summed E-state index contributed by atoms with van der Waals surface area (Å²) < 4.78 is 30.7. The fourth-order valence-corrected chi connectivity index (χ4v) is 2.44. The van der Waals surface area contributed by atoms with E-state index in [2.05, 4.69) is 14.9 Å². The molecular weight excluding hydrogens is 262 g/mol. The van der Waals surface area contributed by atoms with Gasteiger partial charge in [0.25, 0.3) is 10.0 Å². The van der Waals surface area contributed by atoms with E-state index in [1.54, 1.807) is 7.11 Å². The summed E-state index contributed by atoms with van der Waals surface area (Å²) in [6.45, 7) is 0.760. The zero-order valence-electron chi connectivity index (χ0n) is 9.84. The molecule has 0 saturated carbocycles. The number of rotatable bonds is 8. The zero-order chi connectivity index (χ0) is 13.6. The molecule has 1 rings (SSSR count). The molecule has 102 valence electrons. The van der Waals surface area contributed by atoms with Crippen LogP contribution in [0.25, 0.3) is 0 Å². The number of methoxy groups -OCH3 is 1. The van der Waals surface area contributed by atoms with Crippen LogP contribution < -0.4 is 4.72 Å². The highest BCUT2D eigenvalue weighted by molar-refractivity contribution is 7.89. The Morgan fingerprint density at radius 3 is 2.89 bits per heavy atom. The third-order valence-electron chi connectivity index (χ3n) is 2.17. The maximum atomic E-state index is 11.8. The van der Waals surface area contributed by atoms with Gasteiger partial charge in [0.05, 0.1) is 6.20 Å². The highest BCUT2D eigenvalue weighted by atomic mass is 32.2. The van der Waals surface area contributed by atoms with Gasteiger partial charge in [0, 0.05) is 20.3 Å². The van der Waals surface area contributed by atoms with E-state index < -0.39 is 21.0 Å². The number of carbonyl (C=O) groups is 1. The number of sulfonamides is 1. The van der Waals surface area contributed by atoms with Crippen molar-refractivity contribution in [3.05, 3.63) is 11.8 Å². The first-order valence-corrected chi connectivity index (χ1v) is 6.72. The lowest BCUT2D eigenvalue weighted by atomic mass is 10.3. The molecule has 0 aromatic carbocycles. The molecule has 18 heavy (non-hydrogen) atoms. The van der Waals surface area contributed by atoms with E-state index in [9.17, 15) is 13.2 Å². The summed E-state index contributed by atoms with van der Waals surface area (Å²) in [7, 11) is -2.31. The zero-order valence-corrected chi connectivity index (χ0v) is 10.7. The Morgan fingerprint density at radius 2 is 2.28 bits per heavy atom. The lowest BCUT2D eigenvalue weighted by Gasteiger charge is -2.05. The van der Waals surface area contributed by atoms with Gasteiger partial charge in [0.2, 0.25) is 0 Å². The highest BCUT2D eigenvalue weighted by Crippen LogP contribution is 2.11. The van der Waals surface area contributed by atoms with E-state index in [-0.39, 0.29) is 12.1 Å². The molecule has 0 bridgehead atoms. The lowest BCUT2D eigenvalue weighted by molar-refractivity contribution is 0.0692. The number of unbranched alkanes of at least 4 members (excludes halogenated alkanes) is 1. The normalized spacial score (nSPS) is 11.6. The molecule has 0 atom stereocenters. The van der Waals surface area contributed by atoms with E-state index in [4.69, 9.17) is 9.84 Å². The van der Waals surface area contributed by atoms with Gasteiger partial charge in [-0.15, -0.1) is 0 Å². The van der Waals surface area contributed by atoms with Crippen LogP contribution in [0.3, 0.4) is 0 Å². The third-order valence-corrected chi connectivity index (χ3v) is 3.60. The molecule has 3 N–H and O–H groups in total. The summed E-state index contributed by atoms with van der Waals surface area (Å²) in [6.07, 6.45) is 2.28. The van der Waals surface area contributed by atoms with Gasteiger partial charge >= 0.3 is 5.97 Å². The number of hydrogen-bond donors (Lipinski definition) is 3. The van der Waals surface area contributed by atoms with Crippen molar-refractivity contribution in [2.75, 3.05) is 20.3 Å². The molecule has 9 heteroatoms. The lowest BCUT2D eigenvalue weighted by Crippen LogP contribution is -2.26. The van der Waals surface area contributed by atoms with Gasteiger partial charge in [-0.05, 0) is 12.8 Å². The average Bonchev–Trinajstić information content (AvgIpc) is 2.78. The number of ether oxygens (including phenoxy) is 1. The number of aromatic amines is 1. The second-order valence-corrected chi connectivity index (χ2v) is 5.22. The van der Waals surface area contributed by atoms with Crippen molar-refractivity contribution in [1.29, 1.82) is 0 Å². The second-order valence-electron chi connectivity index (χ2n) is 3.52. The standard InChI is InChI=1S/C9H15N3O5S/c1-17-5-3-2-4-11-18(15,16)8-7(9(13)14)6-10-12-8/h6,11H,2-5H2,1H3,(H,10,12)(H,13,14). The topological polar surface area (TPSA) is 121 Å². The summed E-state index contributed by atoms with van der Waals surface area (Å²) in [5.74, 6) is -1.34. The van der Waals surface area contributed by atoms with Crippen molar-refractivity contribution in [2.24, 2.45) is 0 Å². The molecule has 1 aromatic heterocycles. The Balaban J connectivity index is 2.63. The van der Waals surface area contributed by atoms with E-state index in [1.165, 1.54) is 0 Å². The van der Waals surface area contributed by atoms with Gasteiger partial charge in [-0.2, -0.15) is 5.10 Å². The molecule has 0 aliphatic heterocycles. The number of aromatic nitrogens is 2. The number of nitrogens with one attached hydrogen (secondary N) is 2. The predicted molar refractivity (Wildman–Crippen MR) is 61.8 cm³/mol. The number of carboxylic acid groups (broad SMARTS) is 1. The van der Waals surface area contributed by atoms with E-state index in [0.29, 0.717) is 19.4 Å². The van der Waals surface area contributed by atoms with Gasteiger partial charge in [0.1, 0.15) is 5.56 Å². The Hall–Kier alpha value is -1.45. The van der Waals surface area contributed by atoms with Crippen molar-refractivity contribution in [2.45, 2.75) is 17.9 Å². The second kappa shape index (κ2) is 6.47. The van der Waals surface area contributed by atoms with Gasteiger partial charge in [-0.1, -0.05) is 0 Å². The summed E-state index contributed by atoms with van der Waals surface area (Å²) in [6, 6.07) is 0. The van der Waals surface area contributed by atoms with Crippen LogP contribution >= 0.6 is 0 Å². The number of hydrogen-bond acceptors (Lipinski definition) is 5. The average molecular weight is 277 g/mol. The monoisotopic (exact) mass is 277 g/mol. The van der Waals surface area contributed by atoms with E-state index >= 15 is 0 Å². The van der Waals surface area contributed by atoms with Crippen LogP contribution in [-0.2, 0) is 14.8 Å². The molecule has 0 radical (unpaired) electrons. The molecule has 0 saturated heterocycles. The van der Waals surface area contributed by atoms with E-state index in [0.717, 1.165) is 6.20 Å². The number of H-pyrrole nitrogens is 1. The molecule has 1 aromatic rings. The van der Waals surface area contributed by atoms with Crippen molar-refractivity contribution in [1.82, 2.24) is 14.9 Å². The van der Waals surface area contributed by atoms with Gasteiger partial charge in [-0.3, -0.25) is 5.10 Å². The summed E-state index contributed by atoms with van der Waals surface area (Å²) in [5, 5.41) is 14.0. The number of nitrogens with zero attached hydrogens (tertiary/aromatic N) is 1. The minimum atomic E-state index is -3.87.